The van der Waals surface area contributed by atoms with Crippen LogP contribution in [0.3, 0.4) is 0 Å². The molecule has 4 heteroatoms. The summed E-state index contributed by atoms with van der Waals surface area (Å²) in [5.74, 6) is 1.52. The zero-order valence-electron chi connectivity index (χ0n) is 11.4. The van der Waals surface area contributed by atoms with Gasteiger partial charge in [-0.1, -0.05) is 13.3 Å². The van der Waals surface area contributed by atoms with Crippen LogP contribution in [0.25, 0.3) is 0 Å². The maximum Gasteiger partial charge on any atom is 0.127 e. The van der Waals surface area contributed by atoms with Gasteiger partial charge in [-0.05, 0) is 37.4 Å². The number of hydrogen-bond acceptors (Lipinski definition) is 4. The van der Waals surface area contributed by atoms with Crippen LogP contribution in [0.4, 0.5) is 0 Å². The number of phenols is 1. The lowest BCUT2D eigenvalue weighted by atomic mass is 9.99. The van der Waals surface area contributed by atoms with Gasteiger partial charge in [-0.3, -0.25) is 0 Å². The molecule has 0 saturated carbocycles. The van der Waals surface area contributed by atoms with Gasteiger partial charge in [-0.15, -0.1) is 0 Å². The molecular formula is C15H23NO3. The Labute approximate surface area is 114 Å². The number of fused-ring (bicyclic) bond motifs is 1. The topological polar surface area (TPSA) is 61.7 Å². The SMILES string of the molecule is CCCC(CCO)CNC1COc2cc(O)ccc21. The standard InChI is InChI=1S/C15H23NO3/c1-2-3-11(6-7-17)9-16-14-10-19-15-8-12(18)4-5-13(14)15/h4-5,8,11,14,16-18H,2-3,6-7,9-10H2,1H3. The van der Waals surface area contributed by atoms with Gasteiger partial charge in [0, 0.05) is 18.2 Å². The van der Waals surface area contributed by atoms with E-state index in [1.54, 1.807) is 12.1 Å². The molecule has 0 fully saturated rings. The number of rotatable bonds is 7. The maximum absolute atomic E-state index is 9.41. The van der Waals surface area contributed by atoms with Crippen molar-refractivity contribution in [3.8, 4) is 11.5 Å². The monoisotopic (exact) mass is 265 g/mol. The Morgan fingerprint density at radius 2 is 2.26 bits per heavy atom. The van der Waals surface area contributed by atoms with Gasteiger partial charge < -0.3 is 20.3 Å². The second kappa shape index (κ2) is 6.78. The first-order valence-electron chi connectivity index (χ1n) is 7.04. The quantitative estimate of drug-likeness (QED) is 0.707. The maximum atomic E-state index is 9.41. The third kappa shape index (κ3) is 3.61. The van der Waals surface area contributed by atoms with Crippen molar-refractivity contribution >= 4 is 0 Å². The smallest absolute Gasteiger partial charge is 0.127 e. The van der Waals surface area contributed by atoms with Gasteiger partial charge in [0.25, 0.3) is 0 Å². The zero-order chi connectivity index (χ0) is 13.7. The molecule has 0 aliphatic carbocycles. The molecule has 1 heterocycles. The van der Waals surface area contributed by atoms with Crippen molar-refractivity contribution in [2.24, 2.45) is 5.92 Å². The molecule has 1 aromatic carbocycles. The van der Waals surface area contributed by atoms with Crippen LogP contribution in [0.1, 0.15) is 37.8 Å². The van der Waals surface area contributed by atoms with Gasteiger partial charge in [0.05, 0.1) is 6.04 Å². The predicted octanol–water partition coefficient (Wildman–Crippen LogP) is 2.21. The average Bonchev–Trinajstić information content (AvgIpc) is 2.78. The molecule has 106 valence electrons. The van der Waals surface area contributed by atoms with E-state index >= 15 is 0 Å². The molecule has 1 aliphatic heterocycles. The van der Waals surface area contributed by atoms with E-state index in [0.717, 1.165) is 37.1 Å². The zero-order valence-corrected chi connectivity index (χ0v) is 11.4. The largest absolute Gasteiger partial charge is 0.508 e. The van der Waals surface area contributed by atoms with Crippen molar-refractivity contribution in [3.05, 3.63) is 23.8 Å². The van der Waals surface area contributed by atoms with Crippen LogP contribution >= 0.6 is 0 Å². The fourth-order valence-electron chi connectivity index (χ4n) is 2.62. The third-order valence-corrected chi connectivity index (χ3v) is 3.67. The average molecular weight is 265 g/mol. The van der Waals surface area contributed by atoms with Crippen LogP contribution in [0.2, 0.25) is 0 Å². The summed E-state index contributed by atoms with van der Waals surface area (Å²) >= 11 is 0. The fraction of sp³-hybridized carbons (Fsp3) is 0.600. The van der Waals surface area contributed by atoms with Gasteiger partial charge >= 0.3 is 0 Å². The Bertz CT molecular complexity index is 402. The summed E-state index contributed by atoms with van der Waals surface area (Å²) in [6.45, 7) is 3.92. The normalized spacial score (nSPS) is 18.9. The third-order valence-electron chi connectivity index (χ3n) is 3.67. The summed E-state index contributed by atoms with van der Waals surface area (Å²) in [5, 5.41) is 22.0. The number of benzene rings is 1. The lowest BCUT2D eigenvalue weighted by Gasteiger charge is -2.19. The second-order valence-corrected chi connectivity index (χ2v) is 5.16. The number of ether oxygens (including phenoxy) is 1. The molecule has 0 aromatic heterocycles. The van der Waals surface area contributed by atoms with Crippen LogP contribution in [0.15, 0.2) is 18.2 Å². The Morgan fingerprint density at radius 3 is 3.00 bits per heavy atom. The lowest BCUT2D eigenvalue weighted by molar-refractivity contribution is 0.240. The summed E-state index contributed by atoms with van der Waals surface area (Å²) in [6.07, 6.45) is 3.11. The van der Waals surface area contributed by atoms with E-state index in [2.05, 4.69) is 12.2 Å². The highest BCUT2D eigenvalue weighted by Crippen LogP contribution is 2.34. The van der Waals surface area contributed by atoms with Crippen molar-refractivity contribution in [2.75, 3.05) is 19.8 Å². The Hall–Kier alpha value is -1.26. The number of phenolic OH excluding ortho intramolecular Hbond substituents is 1. The highest BCUT2D eigenvalue weighted by molar-refractivity contribution is 5.44. The molecule has 2 rings (SSSR count). The first kappa shape index (κ1) is 14.2. The molecule has 19 heavy (non-hydrogen) atoms. The van der Waals surface area contributed by atoms with E-state index in [0.29, 0.717) is 12.5 Å². The van der Waals surface area contributed by atoms with Gasteiger partial charge in [-0.2, -0.15) is 0 Å². The number of aliphatic hydroxyl groups excluding tert-OH is 1. The van der Waals surface area contributed by atoms with Crippen molar-refractivity contribution in [1.82, 2.24) is 5.32 Å². The van der Waals surface area contributed by atoms with E-state index < -0.39 is 0 Å². The number of aliphatic hydroxyl groups is 1. The van der Waals surface area contributed by atoms with E-state index in [1.807, 2.05) is 6.07 Å². The minimum absolute atomic E-state index is 0.189. The predicted molar refractivity (Wildman–Crippen MR) is 74.4 cm³/mol. The van der Waals surface area contributed by atoms with Crippen molar-refractivity contribution in [3.63, 3.8) is 0 Å². The van der Waals surface area contributed by atoms with Gasteiger partial charge in [0.1, 0.15) is 18.1 Å². The lowest BCUT2D eigenvalue weighted by Crippen LogP contribution is -2.28. The first-order valence-corrected chi connectivity index (χ1v) is 7.04. The fourth-order valence-corrected chi connectivity index (χ4v) is 2.62. The van der Waals surface area contributed by atoms with Crippen LogP contribution in [-0.2, 0) is 0 Å². The van der Waals surface area contributed by atoms with Crippen LogP contribution in [0, 0.1) is 5.92 Å². The summed E-state index contributed by atoms with van der Waals surface area (Å²) in [5.41, 5.74) is 1.11. The minimum atomic E-state index is 0.189. The number of aromatic hydroxyl groups is 1. The Balaban J connectivity index is 1.91. The molecule has 0 amide bonds. The van der Waals surface area contributed by atoms with Crippen LogP contribution < -0.4 is 10.1 Å². The van der Waals surface area contributed by atoms with Crippen LogP contribution in [-0.4, -0.2) is 30.0 Å². The number of nitrogens with one attached hydrogen (secondary N) is 1. The molecular weight excluding hydrogens is 242 g/mol. The molecule has 1 aliphatic rings. The van der Waals surface area contributed by atoms with Crippen LogP contribution in [0.5, 0.6) is 11.5 Å². The van der Waals surface area contributed by atoms with Gasteiger partial charge in [0.2, 0.25) is 0 Å². The molecule has 4 nitrogen and oxygen atoms in total. The van der Waals surface area contributed by atoms with E-state index in [9.17, 15) is 5.11 Å². The molecule has 2 unspecified atom stereocenters. The number of hydrogen-bond donors (Lipinski definition) is 3. The molecule has 0 spiro atoms. The molecule has 3 N–H and O–H groups in total. The Morgan fingerprint density at radius 1 is 1.42 bits per heavy atom. The molecule has 0 bridgehead atoms. The van der Waals surface area contributed by atoms with Crippen molar-refractivity contribution in [1.29, 1.82) is 0 Å². The Kier molecular flexibility index (Phi) is 5.05. The highest BCUT2D eigenvalue weighted by atomic mass is 16.5. The first-order chi connectivity index (χ1) is 9.24. The molecule has 1 aromatic rings. The summed E-state index contributed by atoms with van der Waals surface area (Å²) in [7, 11) is 0. The highest BCUT2D eigenvalue weighted by Gasteiger charge is 2.24. The summed E-state index contributed by atoms with van der Waals surface area (Å²) in [6, 6.07) is 5.46. The van der Waals surface area contributed by atoms with E-state index in [4.69, 9.17) is 9.84 Å². The summed E-state index contributed by atoms with van der Waals surface area (Å²) in [4.78, 5) is 0. The van der Waals surface area contributed by atoms with Gasteiger partial charge in [-0.25, -0.2) is 0 Å². The van der Waals surface area contributed by atoms with E-state index in [1.165, 1.54) is 0 Å². The van der Waals surface area contributed by atoms with Crippen molar-refractivity contribution in [2.45, 2.75) is 32.2 Å². The molecule has 0 saturated heterocycles. The molecule has 0 radical (unpaired) electrons. The van der Waals surface area contributed by atoms with Gasteiger partial charge in [0.15, 0.2) is 0 Å². The van der Waals surface area contributed by atoms with Crippen molar-refractivity contribution < 1.29 is 14.9 Å². The van der Waals surface area contributed by atoms with E-state index in [-0.39, 0.29) is 18.4 Å². The molecule has 2 atom stereocenters. The minimum Gasteiger partial charge on any atom is -0.508 e. The second-order valence-electron chi connectivity index (χ2n) is 5.16. The summed E-state index contributed by atoms with van der Waals surface area (Å²) < 4.78 is 5.57.